The number of nitrogens with two attached hydrogens (primary N) is 1. The highest BCUT2D eigenvalue weighted by molar-refractivity contribution is 5.96. The summed E-state index contributed by atoms with van der Waals surface area (Å²) in [6.07, 6.45) is 2.61. The van der Waals surface area contributed by atoms with E-state index in [1.807, 2.05) is 0 Å². The molecule has 1 aromatic carbocycles. The average Bonchev–Trinajstić information content (AvgIpc) is 3.19. The Kier molecular flexibility index (Phi) is 4.26. The smallest absolute Gasteiger partial charge is 0.260 e. The van der Waals surface area contributed by atoms with E-state index in [-0.39, 0.29) is 11.7 Å². The van der Waals surface area contributed by atoms with Gasteiger partial charge in [0.15, 0.2) is 5.82 Å². The molecule has 3 nitrogen and oxygen atoms in total. The van der Waals surface area contributed by atoms with Gasteiger partial charge in [-0.1, -0.05) is 13.8 Å². The monoisotopic (exact) mass is 282 g/mol. The maximum atomic E-state index is 13.9. The van der Waals surface area contributed by atoms with Crippen LogP contribution >= 0.6 is 0 Å². The Labute approximate surface area is 117 Å². The molecule has 0 heterocycles. The normalized spacial score (nSPS) is 14.7. The van der Waals surface area contributed by atoms with E-state index in [2.05, 4.69) is 13.8 Å². The molecule has 1 fully saturated rings. The first-order chi connectivity index (χ1) is 9.41. The van der Waals surface area contributed by atoms with E-state index in [4.69, 9.17) is 5.73 Å². The summed E-state index contributed by atoms with van der Waals surface area (Å²) in [7, 11) is 0. The molecule has 0 radical (unpaired) electrons. The fourth-order valence-corrected chi connectivity index (χ4v) is 2.14. The van der Waals surface area contributed by atoms with Gasteiger partial charge in [0.05, 0.1) is 5.69 Å². The fraction of sp³-hybridized carbons (Fsp3) is 0.533. The van der Waals surface area contributed by atoms with Crippen molar-refractivity contribution in [2.45, 2.75) is 39.2 Å². The minimum absolute atomic E-state index is 0.112. The third-order valence-electron chi connectivity index (χ3n) is 3.53. The van der Waals surface area contributed by atoms with Crippen LogP contribution in [0.25, 0.3) is 0 Å². The first-order valence-electron chi connectivity index (χ1n) is 6.96. The van der Waals surface area contributed by atoms with Gasteiger partial charge >= 0.3 is 0 Å². The Bertz CT molecular complexity index is 513. The topological polar surface area (TPSA) is 46.3 Å². The van der Waals surface area contributed by atoms with Gasteiger partial charge < -0.3 is 10.6 Å². The second-order valence-electron chi connectivity index (χ2n) is 5.74. The van der Waals surface area contributed by atoms with Crippen molar-refractivity contribution in [1.82, 2.24) is 4.90 Å². The van der Waals surface area contributed by atoms with Crippen LogP contribution in [-0.2, 0) is 0 Å². The van der Waals surface area contributed by atoms with E-state index in [9.17, 15) is 13.6 Å². The molecule has 2 rings (SSSR count). The van der Waals surface area contributed by atoms with Crippen LogP contribution in [0, 0.1) is 17.6 Å². The molecule has 0 aliphatic heterocycles. The molecule has 2 N–H and O–H groups in total. The summed E-state index contributed by atoms with van der Waals surface area (Å²) in [5, 5.41) is 0. The Balaban J connectivity index is 2.26. The molecular weight excluding hydrogens is 262 g/mol. The van der Waals surface area contributed by atoms with Crippen molar-refractivity contribution in [3.63, 3.8) is 0 Å². The van der Waals surface area contributed by atoms with Crippen molar-refractivity contribution in [2.24, 2.45) is 5.92 Å². The molecule has 20 heavy (non-hydrogen) atoms. The molecule has 1 aromatic rings. The van der Waals surface area contributed by atoms with Crippen LogP contribution in [0.5, 0.6) is 0 Å². The molecule has 1 saturated carbocycles. The molecule has 1 aliphatic carbocycles. The number of hydrogen-bond donors (Lipinski definition) is 1. The van der Waals surface area contributed by atoms with E-state index in [0.717, 1.165) is 31.4 Å². The largest absolute Gasteiger partial charge is 0.396 e. The number of benzene rings is 1. The number of nitrogen functional groups attached to an aromatic ring is 1. The molecule has 0 bridgehead atoms. The van der Waals surface area contributed by atoms with Gasteiger partial charge in [-0.2, -0.15) is 0 Å². The lowest BCUT2D eigenvalue weighted by Crippen LogP contribution is -2.35. The molecule has 0 spiro atoms. The summed E-state index contributed by atoms with van der Waals surface area (Å²) >= 11 is 0. The van der Waals surface area contributed by atoms with Crippen molar-refractivity contribution >= 4 is 11.6 Å². The third-order valence-corrected chi connectivity index (χ3v) is 3.53. The van der Waals surface area contributed by atoms with Gasteiger partial charge in [0, 0.05) is 12.6 Å². The predicted octanol–water partition coefficient (Wildman–Crippen LogP) is 3.20. The van der Waals surface area contributed by atoms with E-state index in [1.165, 1.54) is 0 Å². The molecule has 1 amide bonds. The molecule has 110 valence electrons. The number of anilines is 1. The van der Waals surface area contributed by atoms with Crippen molar-refractivity contribution in [3.05, 3.63) is 29.3 Å². The molecule has 5 heteroatoms. The van der Waals surface area contributed by atoms with Crippen LogP contribution in [0.2, 0.25) is 0 Å². The van der Waals surface area contributed by atoms with E-state index in [1.54, 1.807) is 4.90 Å². The second kappa shape index (κ2) is 5.77. The summed E-state index contributed by atoms with van der Waals surface area (Å²) in [5.41, 5.74) is 4.70. The van der Waals surface area contributed by atoms with Gasteiger partial charge in [0.25, 0.3) is 5.91 Å². The van der Waals surface area contributed by atoms with Crippen LogP contribution in [0.3, 0.4) is 0 Å². The maximum absolute atomic E-state index is 13.9. The zero-order valence-electron chi connectivity index (χ0n) is 11.8. The second-order valence-corrected chi connectivity index (χ2v) is 5.74. The van der Waals surface area contributed by atoms with Crippen molar-refractivity contribution in [2.75, 3.05) is 12.3 Å². The van der Waals surface area contributed by atoms with Crippen LogP contribution in [0.15, 0.2) is 12.1 Å². The maximum Gasteiger partial charge on any atom is 0.260 e. The molecular formula is C15H20F2N2O. The predicted molar refractivity (Wildman–Crippen MR) is 74.3 cm³/mol. The van der Waals surface area contributed by atoms with E-state index >= 15 is 0 Å². The summed E-state index contributed by atoms with van der Waals surface area (Å²) in [6.45, 7) is 4.63. The SMILES string of the molecule is CC(C)CCN(C(=O)c1c(F)ccc(N)c1F)C1CC1. The Morgan fingerprint density at radius 2 is 2.05 bits per heavy atom. The Morgan fingerprint density at radius 3 is 2.60 bits per heavy atom. The average molecular weight is 282 g/mol. The van der Waals surface area contributed by atoms with Crippen molar-refractivity contribution in [3.8, 4) is 0 Å². The highest BCUT2D eigenvalue weighted by Gasteiger charge is 2.35. The molecule has 0 aromatic heterocycles. The van der Waals surface area contributed by atoms with Crippen molar-refractivity contribution < 1.29 is 13.6 Å². The standard InChI is InChI=1S/C15H20F2N2O/c1-9(2)7-8-19(10-3-4-10)15(20)13-11(16)5-6-12(18)14(13)17/h5-6,9-10H,3-4,7-8,18H2,1-2H3. The number of amides is 1. The quantitative estimate of drug-likeness (QED) is 0.843. The Morgan fingerprint density at radius 1 is 1.40 bits per heavy atom. The van der Waals surface area contributed by atoms with E-state index in [0.29, 0.717) is 12.5 Å². The lowest BCUT2D eigenvalue weighted by molar-refractivity contribution is 0.0725. The van der Waals surface area contributed by atoms with Crippen LogP contribution < -0.4 is 5.73 Å². The van der Waals surface area contributed by atoms with Gasteiger partial charge in [0.1, 0.15) is 11.4 Å². The zero-order chi connectivity index (χ0) is 14.9. The summed E-state index contributed by atoms with van der Waals surface area (Å²) in [5.74, 6) is -1.96. The minimum Gasteiger partial charge on any atom is -0.396 e. The molecule has 0 saturated heterocycles. The minimum atomic E-state index is -0.954. The number of halogens is 2. The van der Waals surface area contributed by atoms with Gasteiger partial charge in [-0.3, -0.25) is 4.79 Å². The Hall–Kier alpha value is -1.65. The highest BCUT2D eigenvalue weighted by Crippen LogP contribution is 2.30. The third kappa shape index (κ3) is 3.08. The first kappa shape index (κ1) is 14.8. The summed E-state index contributed by atoms with van der Waals surface area (Å²) in [4.78, 5) is 14.0. The van der Waals surface area contributed by atoms with Gasteiger partial charge in [-0.15, -0.1) is 0 Å². The highest BCUT2D eigenvalue weighted by atomic mass is 19.1. The fourth-order valence-electron chi connectivity index (χ4n) is 2.14. The lowest BCUT2D eigenvalue weighted by atomic mass is 10.1. The van der Waals surface area contributed by atoms with Crippen LogP contribution in [0.4, 0.5) is 14.5 Å². The van der Waals surface area contributed by atoms with Gasteiger partial charge in [0.2, 0.25) is 0 Å². The summed E-state index contributed by atoms with van der Waals surface area (Å²) < 4.78 is 27.7. The number of nitrogens with zero attached hydrogens (tertiary/aromatic N) is 1. The molecule has 0 atom stereocenters. The molecule has 0 unspecified atom stereocenters. The first-order valence-corrected chi connectivity index (χ1v) is 6.96. The number of carbonyl (C=O) groups is 1. The van der Waals surface area contributed by atoms with Crippen LogP contribution in [-0.4, -0.2) is 23.4 Å². The lowest BCUT2D eigenvalue weighted by Gasteiger charge is -2.24. The number of rotatable bonds is 5. The van der Waals surface area contributed by atoms with Crippen LogP contribution in [0.1, 0.15) is 43.5 Å². The van der Waals surface area contributed by atoms with Gasteiger partial charge in [-0.25, -0.2) is 8.78 Å². The summed E-state index contributed by atoms with van der Waals surface area (Å²) in [6, 6.07) is 2.29. The van der Waals surface area contributed by atoms with Crippen molar-refractivity contribution in [1.29, 1.82) is 0 Å². The number of hydrogen-bond acceptors (Lipinski definition) is 2. The van der Waals surface area contributed by atoms with E-state index < -0.39 is 23.1 Å². The number of carbonyl (C=O) groups excluding carboxylic acids is 1. The molecule has 1 aliphatic rings. The zero-order valence-corrected chi connectivity index (χ0v) is 11.8. The van der Waals surface area contributed by atoms with Gasteiger partial charge in [-0.05, 0) is 37.3 Å².